The van der Waals surface area contributed by atoms with Crippen LogP contribution in [-0.4, -0.2) is 12.9 Å². The van der Waals surface area contributed by atoms with E-state index in [1.807, 2.05) is 30.3 Å². The molecule has 17 heavy (non-hydrogen) atoms. The van der Waals surface area contributed by atoms with Gasteiger partial charge in [-0.15, -0.1) is 0 Å². The molecule has 0 fully saturated rings. The lowest BCUT2D eigenvalue weighted by Crippen LogP contribution is -1.95. The lowest BCUT2D eigenvalue weighted by molar-refractivity contribution is 0.101. The zero-order chi connectivity index (χ0) is 12.4. The summed E-state index contributed by atoms with van der Waals surface area (Å²) in [6.45, 7) is 1.48. The maximum absolute atomic E-state index is 11.7. The van der Waals surface area contributed by atoms with Crippen molar-refractivity contribution in [1.29, 1.82) is 5.26 Å². The molecule has 0 heterocycles. The number of carbonyl (C=O) groups excluding carboxylic acids is 1. The standard InChI is InChI=1S/C14H11NO2/c1-9(16)13-11-7-5-3-4-6-10(11)12(8-15)14(13)17-2/h3-7H,1-2H3. The lowest BCUT2D eigenvalue weighted by Gasteiger charge is -2.00. The van der Waals surface area contributed by atoms with Gasteiger partial charge in [-0.25, -0.2) is 0 Å². The number of carbonyl (C=O) groups is 1. The number of nitrogens with zero attached hydrogens (tertiary/aromatic N) is 1. The summed E-state index contributed by atoms with van der Waals surface area (Å²) in [5.74, 6) is 0.278. The number of Topliss-reactive ketones (excluding diaryl/α,β-unsaturated/α-hetero) is 1. The third-order valence-electron chi connectivity index (χ3n) is 2.70. The highest BCUT2D eigenvalue weighted by molar-refractivity contribution is 6.07. The minimum atomic E-state index is -0.0976. The number of hydrogen-bond donors (Lipinski definition) is 0. The topological polar surface area (TPSA) is 50.1 Å². The van der Waals surface area contributed by atoms with Crippen LogP contribution in [0.15, 0.2) is 30.3 Å². The number of ether oxygens (including phenoxy) is 1. The molecule has 0 unspecified atom stereocenters. The Bertz CT molecular complexity index is 596. The molecule has 0 aliphatic heterocycles. The molecule has 0 radical (unpaired) electrons. The molecule has 2 rings (SSSR count). The Morgan fingerprint density at radius 1 is 1.24 bits per heavy atom. The average molecular weight is 225 g/mol. The van der Waals surface area contributed by atoms with E-state index in [1.54, 1.807) is 0 Å². The van der Waals surface area contributed by atoms with Crippen molar-refractivity contribution in [1.82, 2.24) is 0 Å². The van der Waals surface area contributed by atoms with Crippen LogP contribution in [0.4, 0.5) is 0 Å². The molecule has 84 valence electrons. The minimum absolute atomic E-state index is 0.0976. The van der Waals surface area contributed by atoms with Crippen molar-refractivity contribution in [3.05, 3.63) is 41.5 Å². The molecule has 0 atom stereocenters. The fraction of sp³-hybridized carbons (Fsp3) is 0.143. The van der Waals surface area contributed by atoms with Crippen molar-refractivity contribution in [3.8, 4) is 22.9 Å². The summed E-state index contributed by atoms with van der Waals surface area (Å²) in [6.07, 6.45) is 0. The van der Waals surface area contributed by atoms with Crippen LogP contribution in [0.1, 0.15) is 22.8 Å². The molecule has 0 saturated heterocycles. The van der Waals surface area contributed by atoms with Gasteiger partial charge in [0.1, 0.15) is 17.4 Å². The smallest absolute Gasteiger partial charge is 0.164 e. The molecule has 3 heteroatoms. The van der Waals surface area contributed by atoms with Crippen molar-refractivity contribution in [2.75, 3.05) is 7.11 Å². The summed E-state index contributed by atoms with van der Waals surface area (Å²) in [5, 5.41) is 9.18. The van der Waals surface area contributed by atoms with Crippen molar-refractivity contribution < 1.29 is 9.53 Å². The Morgan fingerprint density at radius 2 is 1.88 bits per heavy atom. The summed E-state index contributed by atoms with van der Waals surface area (Å²) >= 11 is 0. The first-order valence-electron chi connectivity index (χ1n) is 5.20. The third kappa shape index (κ3) is 1.64. The SMILES string of the molecule is COc1c(C#N)c2cccccc-2c1C(C)=O. The highest BCUT2D eigenvalue weighted by Crippen LogP contribution is 2.41. The first-order chi connectivity index (χ1) is 8.20. The van der Waals surface area contributed by atoms with Gasteiger partial charge in [-0.1, -0.05) is 30.3 Å². The van der Waals surface area contributed by atoms with Crippen LogP contribution in [0.25, 0.3) is 11.1 Å². The molecule has 0 N–H and O–H groups in total. The molecule has 2 aliphatic rings. The molecule has 0 amide bonds. The number of rotatable bonds is 2. The van der Waals surface area contributed by atoms with Gasteiger partial charge in [0, 0.05) is 5.56 Å². The molecule has 0 saturated carbocycles. The summed E-state index contributed by atoms with van der Waals surface area (Å²) in [6, 6.07) is 11.3. The summed E-state index contributed by atoms with van der Waals surface area (Å²) < 4.78 is 5.20. The summed E-state index contributed by atoms with van der Waals surface area (Å²) in [4.78, 5) is 11.7. The van der Waals surface area contributed by atoms with Crippen molar-refractivity contribution >= 4 is 5.78 Å². The highest BCUT2D eigenvalue weighted by atomic mass is 16.5. The van der Waals surface area contributed by atoms with Crippen LogP contribution in [0.2, 0.25) is 0 Å². The van der Waals surface area contributed by atoms with Gasteiger partial charge in [0.05, 0.1) is 12.7 Å². The largest absolute Gasteiger partial charge is 0.495 e. The second kappa shape index (κ2) is 4.26. The van der Waals surface area contributed by atoms with Crippen LogP contribution < -0.4 is 4.74 Å². The molecular formula is C14H11NO2. The fourth-order valence-corrected chi connectivity index (χ4v) is 2.02. The second-order valence-corrected chi connectivity index (χ2v) is 3.69. The summed E-state index contributed by atoms with van der Waals surface area (Å²) in [5.41, 5.74) is 2.41. The first-order valence-corrected chi connectivity index (χ1v) is 5.20. The molecule has 2 aliphatic carbocycles. The second-order valence-electron chi connectivity index (χ2n) is 3.69. The monoisotopic (exact) mass is 225 g/mol. The van der Waals surface area contributed by atoms with E-state index >= 15 is 0 Å². The zero-order valence-electron chi connectivity index (χ0n) is 9.65. The van der Waals surface area contributed by atoms with E-state index < -0.39 is 0 Å². The van der Waals surface area contributed by atoms with Gasteiger partial charge in [-0.2, -0.15) is 5.26 Å². The maximum atomic E-state index is 11.7. The van der Waals surface area contributed by atoms with Crippen molar-refractivity contribution in [2.45, 2.75) is 6.92 Å². The average Bonchev–Trinajstić information content (AvgIpc) is 2.46. The molecule has 0 bridgehead atoms. The van der Waals surface area contributed by atoms with Crippen LogP contribution in [0.3, 0.4) is 0 Å². The van der Waals surface area contributed by atoms with Gasteiger partial charge < -0.3 is 4.74 Å². The van der Waals surface area contributed by atoms with Crippen molar-refractivity contribution in [3.63, 3.8) is 0 Å². The number of hydrogen-bond acceptors (Lipinski definition) is 3. The number of ketones is 1. The predicted octanol–water partition coefficient (Wildman–Crippen LogP) is 2.87. The van der Waals surface area contributed by atoms with Gasteiger partial charge >= 0.3 is 0 Å². The molecule has 0 aromatic heterocycles. The lowest BCUT2D eigenvalue weighted by atomic mass is 10.1. The predicted molar refractivity (Wildman–Crippen MR) is 64.3 cm³/mol. The number of nitriles is 1. The van der Waals surface area contributed by atoms with Gasteiger partial charge in [0.15, 0.2) is 5.78 Å². The normalized spacial score (nSPS) is 9.94. The number of methoxy groups -OCH3 is 1. The Morgan fingerprint density at radius 3 is 2.41 bits per heavy atom. The zero-order valence-corrected chi connectivity index (χ0v) is 9.65. The first kappa shape index (κ1) is 11.2. The van der Waals surface area contributed by atoms with Crippen LogP contribution in [0.5, 0.6) is 5.75 Å². The van der Waals surface area contributed by atoms with Gasteiger partial charge in [-0.3, -0.25) is 4.79 Å². The van der Waals surface area contributed by atoms with Crippen LogP contribution in [0, 0.1) is 11.3 Å². The van der Waals surface area contributed by atoms with E-state index in [-0.39, 0.29) is 5.78 Å². The number of fused-ring (bicyclic) bond motifs is 1. The molecule has 3 nitrogen and oxygen atoms in total. The molecule has 0 aromatic rings. The molecule has 0 spiro atoms. The van der Waals surface area contributed by atoms with E-state index in [0.717, 1.165) is 11.1 Å². The van der Waals surface area contributed by atoms with Crippen LogP contribution >= 0.6 is 0 Å². The van der Waals surface area contributed by atoms with E-state index in [4.69, 9.17) is 4.74 Å². The van der Waals surface area contributed by atoms with E-state index in [0.29, 0.717) is 16.9 Å². The maximum Gasteiger partial charge on any atom is 0.164 e. The van der Waals surface area contributed by atoms with Gasteiger partial charge in [-0.05, 0) is 12.5 Å². The quantitative estimate of drug-likeness (QED) is 0.738. The highest BCUT2D eigenvalue weighted by Gasteiger charge is 2.25. The Hall–Kier alpha value is -2.34. The van der Waals surface area contributed by atoms with E-state index in [9.17, 15) is 10.1 Å². The Kier molecular flexibility index (Phi) is 2.80. The van der Waals surface area contributed by atoms with Crippen molar-refractivity contribution in [2.24, 2.45) is 0 Å². The van der Waals surface area contributed by atoms with E-state index in [2.05, 4.69) is 6.07 Å². The van der Waals surface area contributed by atoms with Gasteiger partial charge in [0.2, 0.25) is 0 Å². The minimum Gasteiger partial charge on any atom is -0.495 e. The molecular weight excluding hydrogens is 214 g/mol. The van der Waals surface area contributed by atoms with Crippen LogP contribution in [-0.2, 0) is 0 Å². The molecule has 0 aromatic carbocycles. The van der Waals surface area contributed by atoms with Gasteiger partial charge in [0.25, 0.3) is 0 Å². The Labute approximate surface area is 99.6 Å². The fourth-order valence-electron chi connectivity index (χ4n) is 2.02. The van der Waals surface area contributed by atoms with E-state index in [1.165, 1.54) is 14.0 Å². The third-order valence-corrected chi connectivity index (χ3v) is 2.70. The Balaban J connectivity index is 2.92. The summed E-state index contributed by atoms with van der Waals surface area (Å²) in [7, 11) is 1.47.